The maximum Gasteiger partial charge on any atom is 0.227 e. The molecule has 20 heavy (non-hydrogen) atoms. The zero-order chi connectivity index (χ0) is 14.0. The van der Waals surface area contributed by atoms with Gasteiger partial charge >= 0.3 is 0 Å². The average Bonchev–Trinajstić information content (AvgIpc) is 2.96. The Hall–Kier alpha value is -1.55. The van der Waals surface area contributed by atoms with Gasteiger partial charge in [-0.1, -0.05) is 31.0 Å². The summed E-state index contributed by atoms with van der Waals surface area (Å²) in [7, 11) is 0. The minimum Gasteiger partial charge on any atom is -0.492 e. The van der Waals surface area contributed by atoms with Gasteiger partial charge in [0.1, 0.15) is 12.4 Å². The largest absolute Gasteiger partial charge is 0.492 e. The Morgan fingerprint density at radius 3 is 2.85 bits per heavy atom. The first-order chi connectivity index (χ1) is 9.72. The van der Waals surface area contributed by atoms with Crippen LogP contribution < -0.4 is 10.1 Å². The molecule has 1 unspecified atom stereocenters. The van der Waals surface area contributed by atoms with E-state index in [-0.39, 0.29) is 18.4 Å². The SMILES string of the molecule is O=C(NC1(CO)CCCC1)C1COc2ccccc2C1. The molecular weight excluding hydrogens is 254 g/mol. The first kappa shape index (κ1) is 13.4. The van der Waals surface area contributed by atoms with Gasteiger partial charge in [0.05, 0.1) is 18.1 Å². The Morgan fingerprint density at radius 2 is 2.10 bits per heavy atom. The quantitative estimate of drug-likeness (QED) is 0.882. The zero-order valence-corrected chi connectivity index (χ0v) is 11.6. The Bertz CT molecular complexity index is 494. The number of para-hydroxylation sites is 1. The molecule has 1 aliphatic heterocycles. The molecule has 2 N–H and O–H groups in total. The number of carbonyl (C=O) groups excluding carboxylic acids is 1. The summed E-state index contributed by atoms with van der Waals surface area (Å²) in [5.74, 6) is 0.735. The van der Waals surface area contributed by atoms with Gasteiger partial charge in [-0.15, -0.1) is 0 Å². The molecule has 0 saturated heterocycles. The summed E-state index contributed by atoms with van der Waals surface area (Å²) in [5.41, 5.74) is 0.692. The first-order valence-corrected chi connectivity index (χ1v) is 7.36. The maximum atomic E-state index is 12.4. The highest BCUT2D eigenvalue weighted by Gasteiger charge is 2.37. The molecule has 0 spiro atoms. The molecule has 0 aromatic heterocycles. The van der Waals surface area contributed by atoms with Crippen molar-refractivity contribution < 1.29 is 14.6 Å². The van der Waals surface area contributed by atoms with Gasteiger partial charge in [-0.05, 0) is 30.9 Å². The summed E-state index contributed by atoms with van der Waals surface area (Å²) >= 11 is 0. The van der Waals surface area contributed by atoms with Crippen molar-refractivity contribution in [3.8, 4) is 5.75 Å². The Balaban J connectivity index is 1.67. The van der Waals surface area contributed by atoms with Crippen LogP contribution >= 0.6 is 0 Å². The normalized spacial score (nSPS) is 23.8. The van der Waals surface area contributed by atoms with Gasteiger partial charge in [-0.2, -0.15) is 0 Å². The zero-order valence-electron chi connectivity index (χ0n) is 11.6. The van der Waals surface area contributed by atoms with Crippen LogP contribution in [0.3, 0.4) is 0 Å². The van der Waals surface area contributed by atoms with E-state index in [1.165, 1.54) is 0 Å². The van der Waals surface area contributed by atoms with Gasteiger partial charge < -0.3 is 15.2 Å². The smallest absolute Gasteiger partial charge is 0.227 e. The Kier molecular flexibility index (Phi) is 3.66. The number of amides is 1. The van der Waals surface area contributed by atoms with E-state index >= 15 is 0 Å². The molecule has 0 bridgehead atoms. The summed E-state index contributed by atoms with van der Waals surface area (Å²) in [6.07, 6.45) is 4.61. The summed E-state index contributed by atoms with van der Waals surface area (Å²) in [6, 6.07) is 7.86. The topological polar surface area (TPSA) is 58.6 Å². The van der Waals surface area contributed by atoms with E-state index in [0.29, 0.717) is 13.0 Å². The van der Waals surface area contributed by atoms with Gasteiger partial charge in [0.25, 0.3) is 0 Å². The van der Waals surface area contributed by atoms with E-state index < -0.39 is 5.54 Å². The summed E-state index contributed by atoms with van der Waals surface area (Å²) < 4.78 is 5.66. The molecule has 1 saturated carbocycles. The molecule has 3 rings (SSSR count). The van der Waals surface area contributed by atoms with E-state index in [1.807, 2.05) is 24.3 Å². The lowest BCUT2D eigenvalue weighted by atomic mass is 9.93. The molecule has 1 atom stereocenters. The number of fused-ring (bicyclic) bond motifs is 1. The van der Waals surface area contributed by atoms with E-state index in [0.717, 1.165) is 37.0 Å². The molecular formula is C16H21NO3. The molecule has 1 aliphatic carbocycles. The third-order valence-corrected chi connectivity index (χ3v) is 4.50. The second-order valence-electron chi connectivity index (χ2n) is 5.95. The van der Waals surface area contributed by atoms with Crippen molar-refractivity contribution in [1.82, 2.24) is 5.32 Å². The van der Waals surface area contributed by atoms with Crippen molar-refractivity contribution in [2.75, 3.05) is 13.2 Å². The summed E-state index contributed by atoms with van der Waals surface area (Å²) in [6.45, 7) is 0.452. The highest BCUT2D eigenvalue weighted by Crippen LogP contribution is 2.31. The van der Waals surface area contributed by atoms with Crippen LogP contribution in [0.25, 0.3) is 0 Å². The standard InChI is InChI=1S/C16H21NO3/c18-11-16(7-3-4-8-16)17-15(19)13-9-12-5-1-2-6-14(12)20-10-13/h1-2,5-6,13,18H,3-4,7-11H2,(H,17,19). The van der Waals surface area contributed by atoms with Gasteiger partial charge in [0.2, 0.25) is 5.91 Å². The Labute approximate surface area is 119 Å². The molecule has 108 valence electrons. The van der Waals surface area contributed by atoms with E-state index in [9.17, 15) is 9.90 Å². The molecule has 4 heteroatoms. The Morgan fingerprint density at radius 1 is 1.35 bits per heavy atom. The third kappa shape index (κ3) is 2.52. The van der Waals surface area contributed by atoms with Crippen LogP contribution in [0.4, 0.5) is 0 Å². The van der Waals surface area contributed by atoms with Gasteiger partial charge in [0.15, 0.2) is 0 Å². The number of hydrogen-bond donors (Lipinski definition) is 2. The van der Waals surface area contributed by atoms with E-state index in [1.54, 1.807) is 0 Å². The number of aliphatic hydroxyl groups excluding tert-OH is 1. The fourth-order valence-electron chi connectivity index (χ4n) is 3.23. The average molecular weight is 275 g/mol. The lowest BCUT2D eigenvalue weighted by Gasteiger charge is -2.32. The van der Waals surface area contributed by atoms with Crippen molar-refractivity contribution in [3.05, 3.63) is 29.8 Å². The number of rotatable bonds is 3. The molecule has 1 amide bonds. The van der Waals surface area contributed by atoms with Gasteiger partial charge in [-0.25, -0.2) is 0 Å². The number of nitrogens with one attached hydrogen (secondary N) is 1. The van der Waals surface area contributed by atoms with Crippen molar-refractivity contribution in [1.29, 1.82) is 0 Å². The first-order valence-electron chi connectivity index (χ1n) is 7.36. The van der Waals surface area contributed by atoms with Gasteiger partial charge in [0, 0.05) is 0 Å². The van der Waals surface area contributed by atoms with Crippen molar-refractivity contribution in [3.63, 3.8) is 0 Å². The maximum absolute atomic E-state index is 12.4. The third-order valence-electron chi connectivity index (χ3n) is 4.50. The molecule has 1 fully saturated rings. The van der Waals surface area contributed by atoms with Crippen LogP contribution in [0.5, 0.6) is 5.75 Å². The molecule has 1 aromatic rings. The summed E-state index contributed by atoms with van der Waals surface area (Å²) in [4.78, 5) is 12.4. The van der Waals surface area contributed by atoms with Crippen molar-refractivity contribution in [2.24, 2.45) is 5.92 Å². The molecule has 1 heterocycles. The van der Waals surface area contributed by atoms with Crippen LogP contribution in [0.1, 0.15) is 31.2 Å². The number of benzene rings is 1. The fraction of sp³-hybridized carbons (Fsp3) is 0.562. The number of ether oxygens (including phenoxy) is 1. The van der Waals surface area contributed by atoms with Crippen molar-refractivity contribution >= 4 is 5.91 Å². The second-order valence-corrected chi connectivity index (χ2v) is 5.95. The monoisotopic (exact) mass is 275 g/mol. The van der Waals surface area contributed by atoms with E-state index in [4.69, 9.17) is 4.74 Å². The van der Waals surface area contributed by atoms with Crippen molar-refractivity contribution in [2.45, 2.75) is 37.6 Å². The van der Waals surface area contributed by atoms with Crippen LogP contribution in [-0.2, 0) is 11.2 Å². The lowest BCUT2D eigenvalue weighted by Crippen LogP contribution is -2.52. The number of hydrogen-bond acceptors (Lipinski definition) is 3. The molecule has 2 aliphatic rings. The highest BCUT2D eigenvalue weighted by molar-refractivity contribution is 5.80. The molecule has 1 aromatic carbocycles. The minimum atomic E-state index is -0.395. The minimum absolute atomic E-state index is 0.00968. The predicted octanol–water partition coefficient (Wildman–Crippen LogP) is 1.66. The van der Waals surface area contributed by atoms with Crippen LogP contribution in [0.15, 0.2) is 24.3 Å². The van der Waals surface area contributed by atoms with Crippen LogP contribution in [-0.4, -0.2) is 29.8 Å². The fourth-order valence-corrected chi connectivity index (χ4v) is 3.23. The summed E-state index contributed by atoms with van der Waals surface area (Å²) in [5, 5.41) is 12.6. The number of carbonyl (C=O) groups is 1. The van der Waals surface area contributed by atoms with E-state index in [2.05, 4.69) is 5.32 Å². The highest BCUT2D eigenvalue weighted by atomic mass is 16.5. The molecule has 4 nitrogen and oxygen atoms in total. The van der Waals surface area contributed by atoms with Crippen LogP contribution in [0, 0.1) is 5.92 Å². The van der Waals surface area contributed by atoms with Gasteiger partial charge in [-0.3, -0.25) is 4.79 Å². The predicted molar refractivity (Wildman–Crippen MR) is 75.6 cm³/mol. The molecule has 0 radical (unpaired) electrons. The number of aliphatic hydroxyl groups is 1. The second kappa shape index (κ2) is 5.44. The van der Waals surface area contributed by atoms with Crippen LogP contribution in [0.2, 0.25) is 0 Å². The lowest BCUT2D eigenvalue weighted by molar-refractivity contribution is -0.128.